The second-order valence-corrected chi connectivity index (χ2v) is 5.51. The van der Waals surface area contributed by atoms with Crippen molar-refractivity contribution in [3.8, 4) is 0 Å². The number of hydrogen-bond acceptors (Lipinski definition) is 0. The van der Waals surface area contributed by atoms with Gasteiger partial charge in [0.25, 0.3) is 0 Å². The Morgan fingerprint density at radius 1 is 1.07 bits per heavy atom. The molecule has 1 rings (SSSR count). The monoisotopic (exact) mass is 198 g/mol. The molecule has 0 aromatic rings. The molecule has 1 saturated carbocycles. The quantitative estimate of drug-likeness (QED) is 0.548. The summed E-state index contributed by atoms with van der Waals surface area (Å²) in [5, 5.41) is 0. The average Bonchev–Trinajstić information content (AvgIpc) is 2.15. The Bertz CT molecular complexity index is 148. The Kier molecular flexibility index (Phi) is 5.78. The van der Waals surface area contributed by atoms with Gasteiger partial charge in [0.15, 0.2) is 0 Å². The van der Waals surface area contributed by atoms with Gasteiger partial charge in [-0.1, -0.05) is 48.5 Å². The molecule has 86 valence electrons. The van der Waals surface area contributed by atoms with Crippen molar-refractivity contribution < 1.29 is 0 Å². The van der Waals surface area contributed by atoms with E-state index in [9.17, 15) is 0 Å². The highest BCUT2D eigenvalue weighted by molar-refractivity contribution is 4.86. The fourth-order valence-electron chi connectivity index (χ4n) is 2.41. The standard InChI is InChI=1S/C12H24.C2H6/c1-9(2)12(5)7-6-10(3)11(4)8-12;1-2/h9-11H,6-8H2,1-5H3;1-2H3. The summed E-state index contributed by atoms with van der Waals surface area (Å²) in [7, 11) is 0. The summed E-state index contributed by atoms with van der Waals surface area (Å²) in [5.41, 5.74) is 0.631. The van der Waals surface area contributed by atoms with Crippen LogP contribution in [0.2, 0.25) is 0 Å². The lowest BCUT2D eigenvalue weighted by Gasteiger charge is -2.43. The molecule has 0 spiro atoms. The molecule has 3 unspecified atom stereocenters. The van der Waals surface area contributed by atoms with Gasteiger partial charge in [-0.05, 0) is 42.4 Å². The average molecular weight is 198 g/mol. The van der Waals surface area contributed by atoms with E-state index < -0.39 is 0 Å². The van der Waals surface area contributed by atoms with E-state index in [-0.39, 0.29) is 0 Å². The molecule has 0 bridgehead atoms. The van der Waals surface area contributed by atoms with E-state index in [0.29, 0.717) is 5.41 Å². The van der Waals surface area contributed by atoms with Crippen LogP contribution < -0.4 is 0 Å². The van der Waals surface area contributed by atoms with Crippen molar-refractivity contribution in [2.24, 2.45) is 23.2 Å². The smallest absolute Gasteiger partial charge is 0.0300 e. The van der Waals surface area contributed by atoms with Crippen LogP contribution >= 0.6 is 0 Å². The second-order valence-electron chi connectivity index (χ2n) is 5.51. The van der Waals surface area contributed by atoms with E-state index in [4.69, 9.17) is 0 Å². The molecule has 0 aliphatic heterocycles. The van der Waals surface area contributed by atoms with Gasteiger partial charge < -0.3 is 0 Å². The fraction of sp³-hybridized carbons (Fsp3) is 1.00. The van der Waals surface area contributed by atoms with Gasteiger partial charge >= 0.3 is 0 Å². The van der Waals surface area contributed by atoms with E-state index in [0.717, 1.165) is 17.8 Å². The first-order chi connectivity index (χ1) is 6.46. The van der Waals surface area contributed by atoms with Gasteiger partial charge in [0, 0.05) is 0 Å². The summed E-state index contributed by atoms with van der Waals surface area (Å²) >= 11 is 0. The third-order valence-electron chi connectivity index (χ3n) is 4.32. The molecule has 0 heterocycles. The van der Waals surface area contributed by atoms with Gasteiger partial charge in [0.1, 0.15) is 0 Å². The normalized spacial score (nSPS) is 37.7. The van der Waals surface area contributed by atoms with Crippen LogP contribution in [0, 0.1) is 23.2 Å². The van der Waals surface area contributed by atoms with Crippen LogP contribution in [0.25, 0.3) is 0 Å². The Morgan fingerprint density at radius 2 is 1.57 bits per heavy atom. The minimum Gasteiger partial charge on any atom is -0.0683 e. The van der Waals surface area contributed by atoms with Crippen LogP contribution in [0.15, 0.2) is 0 Å². The van der Waals surface area contributed by atoms with Crippen LogP contribution in [-0.2, 0) is 0 Å². The first kappa shape index (κ1) is 14.0. The van der Waals surface area contributed by atoms with E-state index >= 15 is 0 Å². The van der Waals surface area contributed by atoms with Crippen LogP contribution in [0.5, 0.6) is 0 Å². The molecule has 0 N–H and O–H groups in total. The lowest BCUT2D eigenvalue weighted by atomic mass is 9.62. The molecular weight excluding hydrogens is 168 g/mol. The summed E-state index contributed by atoms with van der Waals surface area (Å²) < 4.78 is 0. The number of rotatable bonds is 1. The number of hydrogen-bond donors (Lipinski definition) is 0. The Labute approximate surface area is 91.5 Å². The maximum atomic E-state index is 2.47. The first-order valence-electron chi connectivity index (χ1n) is 6.46. The van der Waals surface area contributed by atoms with Gasteiger partial charge in [-0.2, -0.15) is 0 Å². The summed E-state index contributed by atoms with van der Waals surface area (Å²) in [6.45, 7) is 16.1. The maximum absolute atomic E-state index is 2.47. The highest BCUT2D eigenvalue weighted by Crippen LogP contribution is 2.46. The molecule has 3 atom stereocenters. The lowest BCUT2D eigenvalue weighted by molar-refractivity contribution is 0.0754. The minimum atomic E-state index is 0.631. The fourth-order valence-corrected chi connectivity index (χ4v) is 2.41. The molecule has 0 nitrogen and oxygen atoms in total. The molecule has 1 aliphatic rings. The zero-order chi connectivity index (χ0) is 11.4. The van der Waals surface area contributed by atoms with Crippen molar-refractivity contribution in [1.29, 1.82) is 0 Å². The van der Waals surface area contributed by atoms with E-state index in [1.165, 1.54) is 19.3 Å². The third kappa shape index (κ3) is 3.29. The maximum Gasteiger partial charge on any atom is -0.0300 e. The Hall–Kier alpha value is 0. The first-order valence-corrected chi connectivity index (χ1v) is 6.46. The SMILES string of the molecule is CC.CC1CCC(C)(C(C)C)CC1C. The zero-order valence-electron chi connectivity index (χ0n) is 11.4. The summed E-state index contributed by atoms with van der Waals surface area (Å²) in [5.74, 6) is 2.75. The molecule has 0 radical (unpaired) electrons. The molecule has 0 saturated heterocycles. The van der Waals surface area contributed by atoms with Gasteiger partial charge in [0.05, 0.1) is 0 Å². The molecular formula is C14H30. The molecule has 1 fully saturated rings. The molecule has 0 heteroatoms. The highest BCUT2D eigenvalue weighted by Gasteiger charge is 2.35. The molecule has 0 amide bonds. The highest BCUT2D eigenvalue weighted by atomic mass is 14.4. The van der Waals surface area contributed by atoms with Crippen molar-refractivity contribution in [2.75, 3.05) is 0 Å². The van der Waals surface area contributed by atoms with Crippen LogP contribution in [0.4, 0.5) is 0 Å². The van der Waals surface area contributed by atoms with Gasteiger partial charge in [0.2, 0.25) is 0 Å². The minimum absolute atomic E-state index is 0.631. The van der Waals surface area contributed by atoms with Crippen LogP contribution in [-0.4, -0.2) is 0 Å². The van der Waals surface area contributed by atoms with Gasteiger partial charge in [-0.3, -0.25) is 0 Å². The summed E-state index contributed by atoms with van der Waals surface area (Å²) in [6, 6.07) is 0. The molecule has 0 aromatic heterocycles. The van der Waals surface area contributed by atoms with Crippen LogP contribution in [0.1, 0.15) is 67.7 Å². The summed E-state index contributed by atoms with van der Waals surface area (Å²) in [4.78, 5) is 0. The van der Waals surface area contributed by atoms with Crippen molar-refractivity contribution in [2.45, 2.75) is 67.7 Å². The van der Waals surface area contributed by atoms with Crippen molar-refractivity contribution in [3.63, 3.8) is 0 Å². The molecule has 0 aromatic carbocycles. The van der Waals surface area contributed by atoms with E-state index in [1.807, 2.05) is 13.8 Å². The summed E-state index contributed by atoms with van der Waals surface area (Å²) in [6.07, 6.45) is 4.32. The van der Waals surface area contributed by atoms with Crippen molar-refractivity contribution >= 4 is 0 Å². The van der Waals surface area contributed by atoms with Gasteiger partial charge in [-0.25, -0.2) is 0 Å². The Morgan fingerprint density at radius 3 is 1.93 bits per heavy atom. The third-order valence-corrected chi connectivity index (χ3v) is 4.32. The Balaban J connectivity index is 0.000000791. The second kappa shape index (κ2) is 5.78. The van der Waals surface area contributed by atoms with Crippen molar-refractivity contribution in [1.82, 2.24) is 0 Å². The predicted molar refractivity (Wildman–Crippen MR) is 66.5 cm³/mol. The lowest BCUT2D eigenvalue weighted by Crippen LogP contribution is -2.33. The molecule has 14 heavy (non-hydrogen) atoms. The van der Waals surface area contributed by atoms with E-state index in [1.54, 1.807) is 0 Å². The zero-order valence-corrected chi connectivity index (χ0v) is 11.4. The van der Waals surface area contributed by atoms with E-state index in [2.05, 4.69) is 34.6 Å². The van der Waals surface area contributed by atoms with Crippen LogP contribution in [0.3, 0.4) is 0 Å². The largest absolute Gasteiger partial charge is 0.0683 e. The predicted octanol–water partition coefficient (Wildman–Crippen LogP) is 5.13. The van der Waals surface area contributed by atoms with Gasteiger partial charge in [-0.15, -0.1) is 0 Å². The molecule has 1 aliphatic carbocycles. The topological polar surface area (TPSA) is 0 Å². The van der Waals surface area contributed by atoms with Crippen molar-refractivity contribution in [3.05, 3.63) is 0 Å².